The van der Waals surface area contributed by atoms with Gasteiger partial charge in [0, 0.05) is 111 Å². The second-order valence-corrected chi connectivity index (χ2v) is 24.8. The average molecular weight is 1120 g/mol. The first-order chi connectivity index (χ1) is 41.3. The van der Waals surface area contributed by atoms with Gasteiger partial charge >= 0.3 is 0 Å². The van der Waals surface area contributed by atoms with Crippen molar-refractivity contribution in [2.75, 3.05) is 0 Å². The Kier molecular flexibility index (Phi) is 7.10. The molecule has 0 aliphatic heterocycles. The number of hydrogen-bond donors (Lipinski definition) is 0. The first kappa shape index (κ1) is 44.8. The van der Waals surface area contributed by atoms with Gasteiger partial charge in [0.1, 0.15) is 0 Å². The first-order valence-electron chi connectivity index (χ1n) is 28.6. The molecular formula is C73H34F8N4. The zero-order valence-electron chi connectivity index (χ0n) is 43.9. The summed E-state index contributed by atoms with van der Waals surface area (Å²) in [6, 6.07) is 47.9. The van der Waals surface area contributed by atoms with Crippen molar-refractivity contribution in [1.29, 1.82) is 0 Å². The molecular weight excluding hydrogens is 1080 g/mol. The Morgan fingerprint density at radius 3 is 1.11 bits per heavy atom. The van der Waals surface area contributed by atoms with Crippen LogP contribution in [0.3, 0.4) is 0 Å². The van der Waals surface area contributed by atoms with E-state index < -0.39 is 79.5 Å². The molecule has 23 rings (SSSR count). The fourth-order valence-electron chi connectivity index (χ4n) is 18.8. The van der Waals surface area contributed by atoms with E-state index in [0.717, 1.165) is 85.5 Å². The maximum absolute atomic E-state index is 17.7. The smallest absolute Gasteiger partial charge is 0.299 e. The number of nitrogens with zero attached hydrogens (tertiary/aromatic N) is 4. The van der Waals surface area contributed by atoms with Crippen LogP contribution in [0.2, 0.25) is 0 Å². The lowest BCUT2D eigenvalue weighted by molar-refractivity contribution is -0.0112. The Hall–Kier alpha value is -9.68. The summed E-state index contributed by atoms with van der Waals surface area (Å²) < 4.78 is 145. The number of halogens is 8. The van der Waals surface area contributed by atoms with Crippen molar-refractivity contribution in [2.45, 2.75) is 52.8 Å². The third-order valence-corrected chi connectivity index (χ3v) is 21.7. The Bertz CT molecular complexity index is 5760. The molecule has 15 aromatic rings. The summed E-state index contributed by atoms with van der Waals surface area (Å²) in [5, 5.41) is 4.08. The number of alkyl halides is 8. The van der Waals surface area contributed by atoms with Crippen LogP contribution < -0.4 is 0 Å². The topological polar surface area (TPSA) is 34.6 Å². The van der Waals surface area contributed by atoms with Crippen LogP contribution in [0.1, 0.15) is 135 Å². The predicted octanol–water partition coefficient (Wildman–Crippen LogP) is 17.8. The van der Waals surface area contributed by atoms with Crippen molar-refractivity contribution in [2.24, 2.45) is 0 Å². The molecule has 6 aromatic heterocycles. The van der Waals surface area contributed by atoms with Crippen molar-refractivity contribution in [3.63, 3.8) is 0 Å². The third-order valence-electron chi connectivity index (χ3n) is 21.7. The van der Waals surface area contributed by atoms with Crippen LogP contribution in [-0.4, -0.2) is 18.8 Å². The van der Waals surface area contributed by atoms with Gasteiger partial charge < -0.3 is 8.80 Å². The summed E-state index contributed by atoms with van der Waals surface area (Å²) >= 11 is 0. The highest BCUT2D eigenvalue weighted by Crippen LogP contribution is 2.78. The van der Waals surface area contributed by atoms with Gasteiger partial charge in [-0.2, -0.15) is 35.1 Å². The maximum Gasteiger partial charge on any atom is 0.299 e. The van der Waals surface area contributed by atoms with Crippen LogP contribution in [0.5, 0.6) is 0 Å². The summed E-state index contributed by atoms with van der Waals surface area (Å²) in [4.78, 5) is 10.8. The molecule has 4 nitrogen and oxygen atoms in total. The van der Waals surface area contributed by atoms with Gasteiger partial charge in [0.25, 0.3) is 23.7 Å². The molecule has 0 fully saturated rings. The quantitative estimate of drug-likeness (QED) is 0.142. The number of hydrogen-bond acceptors (Lipinski definition) is 2. The fraction of sp³-hybridized carbons (Fsp3) is 0.123. The van der Waals surface area contributed by atoms with E-state index in [2.05, 4.69) is 48.5 Å². The zero-order chi connectivity index (χ0) is 56.2. The van der Waals surface area contributed by atoms with Gasteiger partial charge in [0.15, 0.2) is 0 Å². The fourth-order valence-corrected chi connectivity index (χ4v) is 18.8. The van der Waals surface area contributed by atoms with Crippen molar-refractivity contribution >= 4 is 76.2 Å². The highest BCUT2D eigenvalue weighted by molar-refractivity contribution is 6.46. The molecule has 3 atom stereocenters. The molecule has 0 radical (unpaired) electrons. The summed E-state index contributed by atoms with van der Waals surface area (Å²) in [6.45, 7) is 0. The van der Waals surface area contributed by atoms with Crippen LogP contribution in [0.15, 0.2) is 182 Å². The predicted molar refractivity (Wildman–Crippen MR) is 308 cm³/mol. The number of rotatable bonds is 0. The molecule has 8 aliphatic rings. The van der Waals surface area contributed by atoms with Crippen LogP contribution in [-0.2, 0) is 29.1 Å². The standard InChI is InChI=1S/C73H34F8N4/c74-70(75)41-21-9-12-24-44(41)73(80,81)48-28-50-37(25-45(48)70)55-60-57-51(29-82-65-54-33-15-3-1-13-31(33)53(59(57)65)32-14-2-4-16-34(32)54)84-49-27-47-46(71(76,77)42-22-10-11-23-43(42)72(47,78)79)26-38(49)56(67(60)84)61-58-52(85(50)68(55)61)30-83-66-62(58)63-35-17-5-7-19-39(35)69(63)40-20-8-6-18-36(40)64(66)69/h1-30,53-54,63-64H. The van der Waals surface area contributed by atoms with Gasteiger partial charge in [-0.15, -0.1) is 0 Å². The van der Waals surface area contributed by atoms with Gasteiger partial charge in [-0.1, -0.05) is 146 Å². The monoisotopic (exact) mass is 1120 g/mol. The average Bonchev–Trinajstić information content (AvgIpc) is 1.50. The molecule has 6 heterocycles. The highest BCUT2D eigenvalue weighted by Gasteiger charge is 2.70. The maximum atomic E-state index is 17.7. The Morgan fingerprint density at radius 1 is 0.306 bits per heavy atom. The van der Waals surface area contributed by atoms with E-state index in [1.807, 2.05) is 57.3 Å². The van der Waals surface area contributed by atoms with E-state index >= 15 is 35.1 Å². The molecule has 8 aliphatic carbocycles. The van der Waals surface area contributed by atoms with Gasteiger partial charge in [-0.25, -0.2) is 0 Å². The lowest BCUT2D eigenvalue weighted by Gasteiger charge is -2.58. The molecule has 9 aromatic carbocycles. The molecule has 0 N–H and O–H groups in total. The van der Waals surface area contributed by atoms with E-state index in [9.17, 15) is 0 Å². The van der Waals surface area contributed by atoms with E-state index in [-0.39, 0.29) is 39.6 Å². The second kappa shape index (κ2) is 13.5. The number of fused-ring (bicyclic) bond motifs is 26. The van der Waals surface area contributed by atoms with E-state index in [1.54, 1.807) is 12.4 Å². The van der Waals surface area contributed by atoms with Crippen LogP contribution in [0.25, 0.3) is 76.2 Å². The summed E-state index contributed by atoms with van der Waals surface area (Å²) in [5.41, 5.74) is 7.75. The molecule has 2 bridgehead atoms. The van der Waals surface area contributed by atoms with Crippen molar-refractivity contribution < 1.29 is 35.1 Å². The zero-order valence-corrected chi connectivity index (χ0v) is 43.9. The SMILES string of the molecule is FC1(F)c2ccccc2C(F)(F)c2cc3c(cc21)c1c2c4c5c(ncc4n4c6cc7c(cc6c(c6c8c9c(ncc8n3c16)C1c3ccccc3C9c3ccccc31)c24)C(F)(F)c1ccccc1C7(F)F)C1c2ccccc2C12c1ccccc1C52. The summed E-state index contributed by atoms with van der Waals surface area (Å²) in [6.07, 6.45) is 3.53. The third kappa shape index (κ3) is 4.37. The second-order valence-electron chi connectivity index (χ2n) is 24.8. The number of pyridine rings is 2. The van der Waals surface area contributed by atoms with E-state index in [4.69, 9.17) is 9.97 Å². The molecule has 402 valence electrons. The Morgan fingerprint density at radius 2 is 0.659 bits per heavy atom. The highest BCUT2D eigenvalue weighted by atomic mass is 19.3. The van der Waals surface area contributed by atoms with Crippen LogP contribution >= 0.6 is 0 Å². The van der Waals surface area contributed by atoms with Crippen molar-refractivity contribution in [1.82, 2.24) is 18.8 Å². The summed E-state index contributed by atoms with van der Waals surface area (Å²) in [7, 11) is 0. The molecule has 0 saturated heterocycles. The minimum Gasteiger partial charge on any atom is -0.306 e. The Labute approximate surface area is 474 Å². The molecule has 0 amide bonds. The van der Waals surface area contributed by atoms with Gasteiger partial charge in [-0.05, 0) is 79.9 Å². The number of benzene rings is 9. The van der Waals surface area contributed by atoms with Crippen LogP contribution in [0.4, 0.5) is 35.1 Å². The van der Waals surface area contributed by atoms with Crippen LogP contribution in [0, 0.1) is 0 Å². The molecule has 1 spiro atoms. The van der Waals surface area contributed by atoms with Gasteiger partial charge in [-0.3, -0.25) is 9.97 Å². The van der Waals surface area contributed by atoms with Gasteiger partial charge in [0.2, 0.25) is 0 Å². The van der Waals surface area contributed by atoms with E-state index in [1.165, 1.54) is 59.7 Å². The normalized spacial score (nSPS) is 22.8. The van der Waals surface area contributed by atoms with Crippen molar-refractivity contribution in [3.8, 4) is 0 Å². The number of aromatic nitrogens is 4. The first-order valence-corrected chi connectivity index (χ1v) is 28.6. The molecule has 12 heteroatoms. The van der Waals surface area contributed by atoms with E-state index in [0.29, 0.717) is 49.0 Å². The largest absolute Gasteiger partial charge is 0.306 e. The molecule has 85 heavy (non-hydrogen) atoms. The lowest BCUT2D eigenvalue weighted by atomic mass is 9.43. The lowest BCUT2D eigenvalue weighted by Crippen LogP contribution is -2.52. The van der Waals surface area contributed by atoms with Crippen molar-refractivity contribution in [3.05, 3.63) is 294 Å². The Balaban J connectivity index is 1.01. The molecule has 0 saturated carbocycles. The molecule has 3 unspecified atom stereocenters. The minimum absolute atomic E-state index is 0.174. The minimum atomic E-state index is -3.87. The van der Waals surface area contributed by atoms with Gasteiger partial charge in [0.05, 0.1) is 62.8 Å². The summed E-state index contributed by atoms with van der Waals surface area (Å²) in [5.74, 6) is -16.6.